The third-order valence-electron chi connectivity index (χ3n) is 8.38. The molecule has 8 nitrogen and oxygen atoms in total. The smallest absolute Gasteiger partial charge is 0.378 e. The Kier molecular flexibility index (Phi) is 9.18. The van der Waals surface area contributed by atoms with Crippen molar-refractivity contribution in [2.45, 2.75) is 76.7 Å². The number of hydrogen-bond acceptors (Lipinski definition) is 5. The van der Waals surface area contributed by atoms with Gasteiger partial charge in [0.25, 0.3) is 5.92 Å². The number of H-pyrrole nitrogens is 1. The summed E-state index contributed by atoms with van der Waals surface area (Å²) in [6.45, 7) is 3.69. The summed E-state index contributed by atoms with van der Waals surface area (Å²) in [6.07, 6.45) is -6.54. The molecule has 266 valence electrons. The van der Waals surface area contributed by atoms with Gasteiger partial charge in [-0.25, -0.2) is 13.8 Å². The number of hydrogen-bond donors (Lipinski definition) is 3. The molecule has 3 aromatic heterocycles. The number of rotatable bonds is 7. The quantitative estimate of drug-likeness (QED) is 0.124. The van der Waals surface area contributed by atoms with Gasteiger partial charge in [0.1, 0.15) is 35.2 Å². The van der Waals surface area contributed by atoms with Crippen molar-refractivity contribution < 1.29 is 40.6 Å². The van der Waals surface area contributed by atoms with Crippen LogP contribution in [0.4, 0.5) is 30.7 Å². The number of nitrogens with zero attached hydrogens (tertiary/aromatic N) is 4. The zero-order valence-corrected chi connectivity index (χ0v) is 27.5. The molecule has 0 spiro atoms. The van der Waals surface area contributed by atoms with Gasteiger partial charge in [-0.05, 0) is 87.4 Å². The molecule has 0 fully saturated rings. The van der Waals surface area contributed by atoms with Crippen molar-refractivity contribution in [3.05, 3.63) is 99.8 Å². The highest BCUT2D eigenvalue weighted by Crippen LogP contribution is 2.45. The predicted octanol–water partition coefficient (Wildman–Crippen LogP) is 7.08. The number of pyridine rings is 1. The van der Waals surface area contributed by atoms with E-state index in [-0.39, 0.29) is 36.2 Å². The van der Waals surface area contributed by atoms with Crippen molar-refractivity contribution in [2.24, 2.45) is 0 Å². The zero-order chi connectivity index (χ0) is 36.9. The zero-order valence-electron chi connectivity index (χ0n) is 27.5. The summed E-state index contributed by atoms with van der Waals surface area (Å²) in [5, 5.41) is 24.2. The van der Waals surface area contributed by atoms with Gasteiger partial charge in [-0.3, -0.25) is 14.6 Å². The Morgan fingerprint density at radius 2 is 1.82 bits per heavy atom. The Bertz CT molecular complexity index is 2190. The second-order valence-corrected chi connectivity index (χ2v) is 13.0. The van der Waals surface area contributed by atoms with Crippen LogP contribution in [-0.2, 0) is 36.3 Å². The van der Waals surface area contributed by atoms with Crippen LogP contribution in [0.1, 0.15) is 72.3 Å². The summed E-state index contributed by atoms with van der Waals surface area (Å²) in [5.74, 6) is -1.08. The van der Waals surface area contributed by atoms with Gasteiger partial charge >= 0.3 is 6.18 Å². The van der Waals surface area contributed by atoms with E-state index in [1.165, 1.54) is 13.8 Å². The second kappa shape index (κ2) is 13.1. The third-order valence-corrected chi connectivity index (χ3v) is 8.38. The van der Waals surface area contributed by atoms with Crippen LogP contribution in [0.3, 0.4) is 0 Å². The predicted molar refractivity (Wildman–Crippen MR) is 172 cm³/mol. The fourth-order valence-corrected chi connectivity index (χ4v) is 6.36. The highest BCUT2D eigenvalue weighted by molar-refractivity contribution is 5.97. The van der Waals surface area contributed by atoms with Crippen molar-refractivity contribution in [3.8, 4) is 23.0 Å². The minimum Gasteiger partial charge on any atom is -0.378 e. The molecule has 0 saturated carbocycles. The van der Waals surface area contributed by atoms with E-state index in [1.54, 1.807) is 37.3 Å². The molecular weight excluding hydrogens is 681 g/mol. The van der Waals surface area contributed by atoms with Gasteiger partial charge in [0.15, 0.2) is 5.69 Å². The molecule has 1 atom stereocenters. The van der Waals surface area contributed by atoms with Crippen molar-refractivity contribution in [3.63, 3.8) is 0 Å². The molecule has 1 aliphatic rings. The molecule has 5 aromatic rings. The first kappa shape index (κ1) is 35.6. The first-order valence-electron chi connectivity index (χ1n) is 15.9. The van der Waals surface area contributed by atoms with Crippen molar-refractivity contribution in [2.75, 3.05) is 0 Å². The van der Waals surface area contributed by atoms with E-state index in [4.69, 9.17) is 4.98 Å². The van der Waals surface area contributed by atoms with E-state index in [0.29, 0.717) is 38.5 Å². The van der Waals surface area contributed by atoms with Crippen LogP contribution in [0.25, 0.3) is 22.0 Å². The molecule has 3 heterocycles. The van der Waals surface area contributed by atoms with Crippen molar-refractivity contribution >= 4 is 16.8 Å². The van der Waals surface area contributed by atoms with E-state index < -0.39 is 71.2 Å². The van der Waals surface area contributed by atoms with E-state index in [9.17, 15) is 31.9 Å². The largest absolute Gasteiger partial charge is 0.435 e. The molecule has 0 aliphatic heterocycles. The summed E-state index contributed by atoms with van der Waals surface area (Å²) in [7, 11) is 0. The molecule has 1 aliphatic carbocycles. The topological polar surface area (TPSA) is 109 Å². The SMILES string of the molecule is Cc1[nH]nc2cccc(-c3ccc(C#CC(C)(C)O)nc3C(Cc3cc(F)cc(F)c3)NC(=O)Cn3nc(C(F)(F)F)c4c3C(F)(F)CCC4)c12. The lowest BCUT2D eigenvalue weighted by atomic mass is 9.92. The number of carbonyl (C=O) groups excluding carboxylic acids is 1. The van der Waals surface area contributed by atoms with Gasteiger partial charge in [-0.15, -0.1) is 0 Å². The van der Waals surface area contributed by atoms with Gasteiger partial charge in [-0.1, -0.05) is 18.1 Å². The number of alkyl halides is 5. The molecule has 1 unspecified atom stereocenters. The summed E-state index contributed by atoms with van der Waals surface area (Å²) in [6, 6.07) is 10.0. The van der Waals surface area contributed by atoms with Crippen LogP contribution < -0.4 is 5.32 Å². The van der Waals surface area contributed by atoms with Crippen LogP contribution in [-0.4, -0.2) is 41.6 Å². The average molecular weight is 713 g/mol. The standard InChI is InChI=1S/C36H31F7N6O2/c1-19-30-24(6-4-8-27(30)47-46-19)25-10-9-23(11-13-34(2,3)51)44-31(25)28(16-20-14-21(37)17-22(38)15-20)45-29(50)18-49-33-26(7-5-12-35(33,39)40)32(48-49)36(41,42)43/h4,6,8-10,14-15,17,28,51H,5,7,12,16,18H2,1-3H3,(H,45,50)(H,46,47). The highest BCUT2D eigenvalue weighted by atomic mass is 19.4. The normalized spacial score (nSPS) is 14.9. The van der Waals surface area contributed by atoms with Gasteiger partial charge in [0.2, 0.25) is 5.91 Å². The molecule has 3 N–H and O–H groups in total. The fraction of sp³-hybridized carbons (Fsp3) is 0.333. The number of aliphatic hydroxyl groups is 1. The Hall–Kier alpha value is -5.23. The lowest BCUT2D eigenvalue weighted by Gasteiger charge is -2.25. The van der Waals surface area contributed by atoms with Gasteiger partial charge < -0.3 is 10.4 Å². The number of benzene rings is 2. The summed E-state index contributed by atoms with van der Waals surface area (Å²) in [4.78, 5) is 18.4. The van der Waals surface area contributed by atoms with Crippen LogP contribution >= 0.6 is 0 Å². The Labute approximate surface area is 287 Å². The lowest BCUT2D eigenvalue weighted by molar-refractivity contribution is -0.142. The highest BCUT2D eigenvalue weighted by Gasteiger charge is 2.48. The summed E-state index contributed by atoms with van der Waals surface area (Å²) >= 11 is 0. The van der Waals surface area contributed by atoms with Crippen molar-refractivity contribution in [1.29, 1.82) is 0 Å². The maximum absolute atomic E-state index is 15.1. The molecule has 15 heteroatoms. The van der Waals surface area contributed by atoms with E-state index in [0.717, 1.165) is 12.1 Å². The van der Waals surface area contributed by atoms with Crippen LogP contribution in [0, 0.1) is 30.4 Å². The molecule has 0 bridgehead atoms. The Morgan fingerprint density at radius 1 is 1.10 bits per heavy atom. The number of amides is 1. The lowest BCUT2D eigenvalue weighted by Crippen LogP contribution is -2.35. The van der Waals surface area contributed by atoms with Gasteiger partial charge in [0.05, 0.1) is 17.3 Å². The van der Waals surface area contributed by atoms with Gasteiger partial charge in [-0.2, -0.15) is 32.1 Å². The van der Waals surface area contributed by atoms with E-state index >= 15 is 8.78 Å². The summed E-state index contributed by atoms with van der Waals surface area (Å²) in [5.41, 5.74) is -1.86. The van der Waals surface area contributed by atoms with E-state index in [2.05, 4.69) is 32.5 Å². The number of aromatic amines is 1. The second-order valence-electron chi connectivity index (χ2n) is 13.0. The maximum atomic E-state index is 15.1. The number of nitrogens with one attached hydrogen (secondary N) is 2. The number of fused-ring (bicyclic) bond motifs is 2. The number of aryl methyl sites for hydroxylation is 1. The maximum Gasteiger partial charge on any atom is 0.435 e. The van der Waals surface area contributed by atoms with Crippen LogP contribution in [0.2, 0.25) is 0 Å². The number of halogens is 7. The first-order chi connectivity index (χ1) is 23.9. The molecular formula is C36H31F7N6O2. The molecule has 6 rings (SSSR count). The fourth-order valence-electron chi connectivity index (χ4n) is 6.36. The average Bonchev–Trinajstić information content (AvgIpc) is 3.60. The molecule has 0 saturated heterocycles. The Morgan fingerprint density at radius 3 is 2.51 bits per heavy atom. The van der Waals surface area contributed by atoms with E-state index in [1.807, 2.05) is 0 Å². The first-order valence-corrected chi connectivity index (χ1v) is 15.9. The molecule has 51 heavy (non-hydrogen) atoms. The summed E-state index contributed by atoms with van der Waals surface area (Å²) < 4.78 is 101. The van der Waals surface area contributed by atoms with Gasteiger partial charge in [0, 0.05) is 34.7 Å². The molecule has 0 radical (unpaired) electrons. The third kappa shape index (κ3) is 7.61. The monoisotopic (exact) mass is 712 g/mol. The number of aromatic nitrogens is 5. The minimum atomic E-state index is -5.04. The van der Waals surface area contributed by atoms with Crippen molar-refractivity contribution in [1.82, 2.24) is 30.3 Å². The minimum absolute atomic E-state index is 0.0820. The molecule has 1 amide bonds. The van der Waals surface area contributed by atoms with Crippen LogP contribution in [0.15, 0.2) is 48.5 Å². The molecule has 2 aromatic carbocycles. The Balaban J connectivity index is 1.49. The number of carbonyl (C=O) groups is 1. The van der Waals surface area contributed by atoms with Crippen LogP contribution in [0.5, 0.6) is 0 Å².